The maximum Gasteiger partial charge on any atom is 0.251 e. The van der Waals surface area contributed by atoms with Crippen LogP contribution >= 0.6 is 0 Å². The summed E-state index contributed by atoms with van der Waals surface area (Å²) in [6.45, 7) is 2.66. The van der Waals surface area contributed by atoms with Crippen LogP contribution in [0.1, 0.15) is 48.9 Å². The summed E-state index contributed by atoms with van der Waals surface area (Å²) in [4.78, 5) is 15.0. The summed E-state index contributed by atoms with van der Waals surface area (Å²) in [6, 6.07) is 7.45. The molecule has 1 aliphatic heterocycles. The molecule has 1 N–H and O–H groups in total. The van der Waals surface area contributed by atoms with Crippen molar-refractivity contribution in [3.8, 4) is 5.75 Å². The smallest absolute Gasteiger partial charge is 0.251 e. The van der Waals surface area contributed by atoms with E-state index >= 15 is 0 Å². The number of halogens is 1. The maximum atomic E-state index is 13.3. The van der Waals surface area contributed by atoms with Gasteiger partial charge in [0.05, 0.1) is 7.11 Å². The number of hydrogen-bond acceptors (Lipinski definition) is 3. The van der Waals surface area contributed by atoms with Crippen molar-refractivity contribution in [3.05, 3.63) is 29.8 Å². The van der Waals surface area contributed by atoms with Gasteiger partial charge in [-0.15, -0.1) is 0 Å². The highest BCUT2D eigenvalue weighted by molar-refractivity contribution is 5.94. The lowest BCUT2D eigenvalue weighted by Crippen LogP contribution is -2.48. The summed E-state index contributed by atoms with van der Waals surface area (Å²) in [5.41, 5.74) is 0.670. The quantitative estimate of drug-likeness (QED) is 0.886. The number of hydrogen-bond donors (Lipinski definition) is 1. The molecule has 1 heterocycles. The highest BCUT2D eigenvalue weighted by atomic mass is 19.1. The van der Waals surface area contributed by atoms with E-state index in [1.807, 2.05) is 12.1 Å². The fraction of sp³-hybridized carbons (Fsp3) is 0.650. The third kappa shape index (κ3) is 4.94. The number of carbonyl (C=O) groups is 1. The second-order valence-electron chi connectivity index (χ2n) is 7.33. The van der Waals surface area contributed by atoms with Crippen LogP contribution < -0.4 is 10.1 Å². The average molecular weight is 348 g/mol. The monoisotopic (exact) mass is 348 g/mol. The second kappa shape index (κ2) is 8.65. The van der Waals surface area contributed by atoms with Crippen molar-refractivity contribution in [2.45, 2.75) is 50.7 Å². The molecule has 1 amide bonds. The van der Waals surface area contributed by atoms with Crippen molar-refractivity contribution < 1.29 is 13.9 Å². The molecular weight excluding hydrogens is 319 g/mol. The van der Waals surface area contributed by atoms with E-state index in [1.54, 1.807) is 19.2 Å². The SMILES string of the molecule is COc1ccc(C(=O)NC2CCCC[C@H]2CN2CCC(F)CC2)cc1. The molecule has 2 fully saturated rings. The fourth-order valence-corrected chi connectivity index (χ4v) is 4.03. The molecule has 0 spiro atoms. The van der Waals surface area contributed by atoms with Crippen molar-refractivity contribution in [1.29, 1.82) is 0 Å². The summed E-state index contributed by atoms with van der Waals surface area (Å²) in [5.74, 6) is 1.21. The Morgan fingerprint density at radius 3 is 2.52 bits per heavy atom. The van der Waals surface area contributed by atoms with Crippen molar-refractivity contribution in [2.24, 2.45) is 5.92 Å². The van der Waals surface area contributed by atoms with Gasteiger partial charge in [0.15, 0.2) is 0 Å². The number of likely N-dealkylation sites (tertiary alicyclic amines) is 1. The number of nitrogens with zero attached hydrogens (tertiary/aromatic N) is 1. The van der Waals surface area contributed by atoms with Gasteiger partial charge in [-0.1, -0.05) is 12.8 Å². The molecule has 1 aliphatic carbocycles. The fourth-order valence-electron chi connectivity index (χ4n) is 4.03. The number of amides is 1. The van der Waals surface area contributed by atoms with Crippen LogP contribution in [0.2, 0.25) is 0 Å². The normalized spacial score (nSPS) is 25.5. The van der Waals surface area contributed by atoms with Gasteiger partial charge in [-0.25, -0.2) is 4.39 Å². The molecule has 138 valence electrons. The number of benzene rings is 1. The Kier molecular flexibility index (Phi) is 6.29. The number of piperidine rings is 1. The van der Waals surface area contributed by atoms with Gasteiger partial charge in [-0.3, -0.25) is 4.79 Å². The first-order valence-corrected chi connectivity index (χ1v) is 9.47. The number of ether oxygens (including phenoxy) is 1. The van der Waals surface area contributed by atoms with Crippen LogP contribution in [0.25, 0.3) is 0 Å². The molecule has 5 heteroatoms. The Hall–Kier alpha value is -1.62. The predicted molar refractivity (Wildman–Crippen MR) is 96.8 cm³/mol. The first-order valence-electron chi connectivity index (χ1n) is 9.47. The molecule has 1 aromatic rings. The first-order chi connectivity index (χ1) is 12.2. The van der Waals surface area contributed by atoms with Crippen LogP contribution in [0.4, 0.5) is 4.39 Å². The van der Waals surface area contributed by atoms with Crippen LogP contribution in [0.5, 0.6) is 5.75 Å². The minimum atomic E-state index is -0.631. The minimum Gasteiger partial charge on any atom is -0.497 e. The number of methoxy groups -OCH3 is 1. The lowest BCUT2D eigenvalue weighted by atomic mass is 9.83. The molecule has 3 rings (SSSR count). The van der Waals surface area contributed by atoms with E-state index in [1.165, 1.54) is 6.42 Å². The molecular formula is C20H29FN2O2. The van der Waals surface area contributed by atoms with Gasteiger partial charge in [-0.2, -0.15) is 0 Å². The van der Waals surface area contributed by atoms with E-state index in [4.69, 9.17) is 4.74 Å². The zero-order valence-electron chi connectivity index (χ0n) is 15.0. The highest BCUT2D eigenvalue weighted by Gasteiger charge is 2.29. The molecule has 2 atom stereocenters. The Balaban J connectivity index is 1.57. The van der Waals surface area contributed by atoms with E-state index in [9.17, 15) is 9.18 Å². The number of alkyl halides is 1. The molecule has 0 bridgehead atoms. The van der Waals surface area contributed by atoms with Gasteiger partial charge in [-0.05, 0) is 55.9 Å². The largest absolute Gasteiger partial charge is 0.497 e. The first kappa shape index (κ1) is 18.2. The lowest BCUT2D eigenvalue weighted by molar-refractivity contribution is 0.0851. The molecule has 2 aliphatic rings. The molecule has 1 saturated heterocycles. The van der Waals surface area contributed by atoms with Crippen molar-refractivity contribution in [2.75, 3.05) is 26.7 Å². The zero-order valence-corrected chi connectivity index (χ0v) is 15.0. The van der Waals surface area contributed by atoms with Crippen molar-refractivity contribution in [1.82, 2.24) is 10.2 Å². The molecule has 1 saturated carbocycles. The number of rotatable bonds is 5. The summed E-state index contributed by atoms with van der Waals surface area (Å²) in [6.07, 6.45) is 5.23. The van der Waals surface area contributed by atoms with Crippen LogP contribution in [-0.2, 0) is 0 Å². The molecule has 0 aromatic heterocycles. The summed E-state index contributed by atoms with van der Waals surface area (Å²) in [7, 11) is 1.62. The van der Waals surface area contributed by atoms with E-state index in [0.717, 1.165) is 44.6 Å². The lowest BCUT2D eigenvalue weighted by Gasteiger charge is -2.37. The van der Waals surface area contributed by atoms with Crippen molar-refractivity contribution in [3.63, 3.8) is 0 Å². The van der Waals surface area contributed by atoms with Gasteiger partial charge < -0.3 is 15.0 Å². The van der Waals surface area contributed by atoms with Crippen LogP contribution in [0, 0.1) is 5.92 Å². The average Bonchev–Trinajstić information content (AvgIpc) is 2.65. The van der Waals surface area contributed by atoms with Crippen LogP contribution in [0.15, 0.2) is 24.3 Å². The molecule has 0 radical (unpaired) electrons. The van der Waals surface area contributed by atoms with E-state index in [0.29, 0.717) is 24.3 Å². The standard InChI is InChI=1S/C20H29FN2O2/c1-25-18-8-6-15(7-9-18)20(24)22-19-5-3-2-4-16(19)14-23-12-10-17(21)11-13-23/h6-9,16-17,19H,2-5,10-14H2,1H3,(H,22,24)/t16-,19?/m0/s1. The number of nitrogens with one attached hydrogen (secondary N) is 1. The van der Waals surface area contributed by atoms with E-state index < -0.39 is 6.17 Å². The predicted octanol–water partition coefficient (Wildman–Crippen LogP) is 3.42. The van der Waals surface area contributed by atoms with Gasteiger partial charge in [0.2, 0.25) is 0 Å². The molecule has 4 nitrogen and oxygen atoms in total. The summed E-state index contributed by atoms with van der Waals surface area (Å²) < 4.78 is 18.5. The van der Waals surface area contributed by atoms with Gasteiger partial charge in [0.1, 0.15) is 11.9 Å². The van der Waals surface area contributed by atoms with Crippen LogP contribution in [0.3, 0.4) is 0 Å². The third-order valence-electron chi connectivity index (χ3n) is 5.59. The zero-order chi connectivity index (χ0) is 17.6. The van der Waals surface area contributed by atoms with Gasteiger partial charge in [0.25, 0.3) is 5.91 Å². The number of carbonyl (C=O) groups excluding carboxylic acids is 1. The van der Waals surface area contributed by atoms with Gasteiger partial charge >= 0.3 is 0 Å². The Bertz CT molecular complexity index is 555. The Morgan fingerprint density at radius 1 is 1.16 bits per heavy atom. The van der Waals surface area contributed by atoms with E-state index in [2.05, 4.69) is 10.2 Å². The van der Waals surface area contributed by atoms with E-state index in [-0.39, 0.29) is 11.9 Å². The maximum absolute atomic E-state index is 13.3. The molecule has 1 unspecified atom stereocenters. The minimum absolute atomic E-state index is 0.0120. The molecule has 25 heavy (non-hydrogen) atoms. The third-order valence-corrected chi connectivity index (χ3v) is 5.59. The van der Waals surface area contributed by atoms with Gasteiger partial charge in [0, 0.05) is 31.2 Å². The van der Waals surface area contributed by atoms with Crippen molar-refractivity contribution >= 4 is 5.91 Å². The molecule has 1 aromatic carbocycles. The summed E-state index contributed by atoms with van der Waals surface area (Å²) in [5, 5.41) is 3.24. The topological polar surface area (TPSA) is 41.6 Å². The van der Waals surface area contributed by atoms with Crippen LogP contribution in [-0.4, -0.2) is 49.8 Å². The highest BCUT2D eigenvalue weighted by Crippen LogP contribution is 2.27. The Labute approximate surface area is 149 Å². The second-order valence-corrected chi connectivity index (χ2v) is 7.33. The Morgan fingerprint density at radius 2 is 1.84 bits per heavy atom. The summed E-state index contributed by atoms with van der Waals surface area (Å²) >= 11 is 0.